The number of pyridine rings is 1. The number of nitrogens with zero attached hydrogens (tertiary/aromatic N) is 3. The lowest BCUT2D eigenvalue weighted by atomic mass is 10.3. The molecule has 16 heavy (non-hydrogen) atoms. The van der Waals surface area contributed by atoms with Crippen LogP contribution in [0.25, 0.3) is 0 Å². The maximum absolute atomic E-state index is 4.46. The number of amidine groups is 1. The molecule has 2 rings (SSSR count). The van der Waals surface area contributed by atoms with Crippen molar-refractivity contribution in [1.29, 1.82) is 0 Å². The molecule has 0 radical (unpaired) electrons. The summed E-state index contributed by atoms with van der Waals surface area (Å²) >= 11 is 0. The zero-order chi connectivity index (χ0) is 10.7. The standard InChI is InChI=1S/C11H16N4.BrH/c1-3-12-10-7-8-15(14-10)11-6-4-5-9(2)13-11;/h4-6H,3,7-8H2,1-2H3,(H,12,14);1H. The quantitative estimate of drug-likeness (QED) is 0.904. The van der Waals surface area contributed by atoms with Gasteiger partial charge in [0.1, 0.15) is 11.7 Å². The molecule has 0 spiro atoms. The Hall–Kier alpha value is -1.10. The van der Waals surface area contributed by atoms with Gasteiger partial charge in [0.2, 0.25) is 0 Å². The van der Waals surface area contributed by atoms with Gasteiger partial charge in [-0.15, -0.1) is 17.0 Å². The smallest absolute Gasteiger partial charge is 0.147 e. The number of hydrogen-bond acceptors (Lipinski definition) is 3. The van der Waals surface area contributed by atoms with Gasteiger partial charge in [0.05, 0.1) is 0 Å². The Bertz CT molecular complexity index is 378. The molecule has 1 aliphatic rings. The van der Waals surface area contributed by atoms with Crippen LogP contribution >= 0.6 is 17.0 Å². The van der Waals surface area contributed by atoms with Gasteiger partial charge in [-0.2, -0.15) is 0 Å². The van der Waals surface area contributed by atoms with Crippen LogP contribution in [0.15, 0.2) is 23.2 Å². The summed E-state index contributed by atoms with van der Waals surface area (Å²) in [6.45, 7) is 5.82. The summed E-state index contributed by atoms with van der Waals surface area (Å²) in [6.07, 6.45) is 0.976. The first-order chi connectivity index (χ1) is 7.29. The van der Waals surface area contributed by atoms with Crippen LogP contribution in [-0.2, 0) is 0 Å². The molecule has 0 unspecified atom stereocenters. The van der Waals surface area contributed by atoms with Crippen molar-refractivity contribution in [3.05, 3.63) is 23.9 Å². The minimum atomic E-state index is 0. The maximum Gasteiger partial charge on any atom is 0.147 e. The van der Waals surface area contributed by atoms with Crippen molar-refractivity contribution in [3.8, 4) is 0 Å². The number of rotatable bonds is 2. The molecule has 0 amide bonds. The number of hydrogen-bond donors (Lipinski definition) is 1. The largest absolute Gasteiger partial charge is 0.284 e. The molecule has 1 fully saturated rings. The van der Waals surface area contributed by atoms with Crippen molar-refractivity contribution in [1.82, 2.24) is 10.4 Å². The number of halogens is 1. The molecule has 88 valence electrons. The molecular formula is C11H17BrN4. The molecule has 0 aromatic carbocycles. The lowest BCUT2D eigenvalue weighted by Crippen LogP contribution is -2.33. The van der Waals surface area contributed by atoms with E-state index in [2.05, 4.69) is 15.4 Å². The summed E-state index contributed by atoms with van der Waals surface area (Å²) in [5.41, 5.74) is 4.29. The topological polar surface area (TPSA) is 40.5 Å². The lowest BCUT2D eigenvalue weighted by Gasteiger charge is -2.16. The minimum absolute atomic E-state index is 0. The second-order valence-electron chi connectivity index (χ2n) is 3.57. The third-order valence-electron chi connectivity index (χ3n) is 2.34. The Balaban J connectivity index is 0.00000128. The van der Waals surface area contributed by atoms with Crippen LogP contribution in [0, 0.1) is 6.92 Å². The predicted molar refractivity (Wildman–Crippen MR) is 72.4 cm³/mol. The van der Waals surface area contributed by atoms with Crippen LogP contribution in [0.2, 0.25) is 0 Å². The van der Waals surface area contributed by atoms with Crippen molar-refractivity contribution < 1.29 is 0 Å². The molecule has 2 heterocycles. The molecule has 4 nitrogen and oxygen atoms in total. The Morgan fingerprint density at radius 3 is 3.00 bits per heavy atom. The van der Waals surface area contributed by atoms with Gasteiger partial charge < -0.3 is 0 Å². The van der Waals surface area contributed by atoms with E-state index < -0.39 is 0 Å². The fourth-order valence-corrected chi connectivity index (χ4v) is 1.64. The van der Waals surface area contributed by atoms with Crippen molar-refractivity contribution in [2.24, 2.45) is 4.99 Å². The molecule has 1 aromatic heterocycles. The molecule has 1 N–H and O–H groups in total. The van der Waals surface area contributed by atoms with E-state index in [9.17, 15) is 0 Å². The van der Waals surface area contributed by atoms with Gasteiger partial charge in [-0.05, 0) is 26.0 Å². The Morgan fingerprint density at radius 1 is 1.50 bits per heavy atom. The van der Waals surface area contributed by atoms with Crippen molar-refractivity contribution >= 4 is 28.6 Å². The van der Waals surface area contributed by atoms with Gasteiger partial charge in [-0.1, -0.05) is 6.07 Å². The number of nitrogens with one attached hydrogen (secondary N) is 1. The highest BCUT2D eigenvalue weighted by Gasteiger charge is 2.17. The Kier molecular flexibility index (Phi) is 4.73. The number of aryl methyl sites for hydroxylation is 1. The van der Waals surface area contributed by atoms with E-state index >= 15 is 0 Å². The zero-order valence-corrected chi connectivity index (χ0v) is 11.3. The van der Waals surface area contributed by atoms with Gasteiger partial charge in [0, 0.05) is 25.2 Å². The SMILES string of the molecule is Br.CCN=C1CCN(c2cccc(C)n2)N1. The monoisotopic (exact) mass is 284 g/mol. The van der Waals surface area contributed by atoms with Crippen molar-refractivity contribution in [3.63, 3.8) is 0 Å². The second-order valence-corrected chi connectivity index (χ2v) is 3.57. The van der Waals surface area contributed by atoms with Gasteiger partial charge >= 0.3 is 0 Å². The summed E-state index contributed by atoms with van der Waals surface area (Å²) in [6, 6.07) is 6.03. The first-order valence-corrected chi connectivity index (χ1v) is 5.31. The molecule has 0 aliphatic carbocycles. The van der Waals surface area contributed by atoms with E-state index in [1.165, 1.54) is 0 Å². The number of aromatic nitrogens is 1. The third-order valence-corrected chi connectivity index (χ3v) is 2.34. The molecular weight excluding hydrogens is 268 g/mol. The van der Waals surface area contributed by atoms with Crippen LogP contribution in [0.5, 0.6) is 0 Å². The van der Waals surface area contributed by atoms with Crippen LogP contribution in [0.4, 0.5) is 5.82 Å². The van der Waals surface area contributed by atoms with Crippen LogP contribution in [-0.4, -0.2) is 23.9 Å². The summed E-state index contributed by atoms with van der Waals surface area (Å²) in [4.78, 5) is 8.82. The van der Waals surface area contributed by atoms with Gasteiger partial charge in [0.15, 0.2) is 0 Å². The Morgan fingerprint density at radius 2 is 2.31 bits per heavy atom. The summed E-state index contributed by atoms with van der Waals surface area (Å²) in [5, 5.41) is 2.04. The molecule has 5 heteroatoms. The van der Waals surface area contributed by atoms with Crippen LogP contribution in [0.3, 0.4) is 0 Å². The summed E-state index contributed by atoms with van der Waals surface area (Å²) in [7, 11) is 0. The highest BCUT2D eigenvalue weighted by molar-refractivity contribution is 8.93. The lowest BCUT2D eigenvalue weighted by molar-refractivity contribution is 0.831. The van der Waals surface area contributed by atoms with Gasteiger partial charge in [-0.3, -0.25) is 15.4 Å². The second kappa shape index (κ2) is 5.84. The first-order valence-electron chi connectivity index (χ1n) is 5.31. The molecule has 1 saturated heterocycles. The Labute approximate surface area is 107 Å². The minimum Gasteiger partial charge on any atom is -0.284 e. The third kappa shape index (κ3) is 2.95. The maximum atomic E-state index is 4.46. The molecule has 0 saturated carbocycles. The fourth-order valence-electron chi connectivity index (χ4n) is 1.64. The summed E-state index contributed by atoms with van der Waals surface area (Å²) < 4.78 is 0. The molecule has 0 atom stereocenters. The average Bonchev–Trinajstić information content (AvgIpc) is 2.67. The predicted octanol–water partition coefficient (Wildman–Crippen LogP) is 2.10. The summed E-state index contributed by atoms with van der Waals surface area (Å²) in [5.74, 6) is 2.03. The van der Waals surface area contributed by atoms with E-state index in [-0.39, 0.29) is 17.0 Å². The normalized spacial score (nSPS) is 17.1. The van der Waals surface area contributed by atoms with Crippen LogP contribution < -0.4 is 10.4 Å². The average molecular weight is 285 g/mol. The van der Waals surface area contributed by atoms with E-state index in [0.29, 0.717) is 0 Å². The van der Waals surface area contributed by atoms with E-state index in [0.717, 1.165) is 36.9 Å². The van der Waals surface area contributed by atoms with Gasteiger partial charge in [0.25, 0.3) is 0 Å². The van der Waals surface area contributed by atoms with Crippen LogP contribution in [0.1, 0.15) is 19.0 Å². The number of hydrazine groups is 1. The zero-order valence-electron chi connectivity index (χ0n) is 9.60. The number of aliphatic imine (C=N–C) groups is 1. The molecule has 1 aliphatic heterocycles. The highest BCUT2D eigenvalue weighted by Crippen LogP contribution is 2.13. The molecule has 0 bridgehead atoms. The molecule has 1 aromatic rings. The van der Waals surface area contributed by atoms with E-state index in [1.807, 2.05) is 37.1 Å². The van der Waals surface area contributed by atoms with Crippen molar-refractivity contribution in [2.45, 2.75) is 20.3 Å². The first kappa shape index (κ1) is 13.0. The van der Waals surface area contributed by atoms with Crippen molar-refractivity contribution in [2.75, 3.05) is 18.1 Å². The van der Waals surface area contributed by atoms with E-state index in [4.69, 9.17) is 0 Å². The van der Waals surface area contributed by atoms with E-state index in [1.54, 1.807) is 0 Å². The fraction of sp³-hybridized carbons (Fsp3) is 0.455. The van der Waals surface area contributed by atoms with Gasteiger partial charge in [-0.25, -0.2) is 4.98 Å². The number of anilines is 1. The highest BCUT2D eigenvalue weighted by atomic mass is 79.9.